The summed E-state index contributed by atoms with van der Waals surface area (Å²) in [5, 5.41) is 6.09. The first-order valence-electron chi connectivity index (χ1n) is 10.4. The van der Waals surface area contributed by atoms with Gasteiger partial charge in [0.05, 0.1) is 18.2 Å². The molecule has 1 aliphatic rings. The fraction of sp³-hybridized carbons (Fsp3) is 0.455. The maximum absolute atomic E-state index is 12.0. The average molecular weight is 443 g/mol. The quantitative estimate of drug-likeness (QED) is 0.629. The van der Waals surface area contributed by atoms with Crippen LogP contribution in [0.2, 0.25) is 5.02 Å². The lowest BCUT2D eigenvalue weighted by Gasteiger charge is -2.41. The zero-order valence-electron chi connectivity index (χ0n) is 18.3. The Morgan fingerprint density at radius 3 is 2.74 bits per heavy atom. The molecule has 0 saturated carbocycles. The molecule has 2 N–H and O–H groups in total. The molecule has 0 radical (unpaired) electrons. The van der Waals surface area contributed by atoms with Crippen LogP contribution in [-0.2, 0) is 17.8 Å². The Balaban J connectivity index is 1.63. The van der Waals surface area contributed by atoms with Gasteiger partial charge in [0.15, 0.2) is 5.65 Å². The first kappa shape index (κ1) is 21.4. The van der Waals surface area contributed by atoms with Crippen molar-refractivity contribution in [2.24, 2.45) is 0 Å². The van der Waals surface area contributed by atoms with Gasteiger partial charge in [0.1, 0.15) is 17.9 Å². The van der Waals surface area contributed by atoms with Crippen LogP contribution in [0.3, 0.4) is 0 Å². The number of methoxy groups -OCH3 is 1. The number of nitrogens with zero attached hydrogens (tertiary/aromatic N) is 5. The Hall–Kier alpha value is -2.87. The molecule has 0 aliphatic carbocycles. The highest BCUT2D eigenvalue weighted by molar-refractivity contribution is 6.31. The SMILES string of the molecule is CCC(=O)N1CC(c2c(C)c(Cl)cc(CCn3nc(C)c4c(N)ncnc43)c2OC)C1. The maximum atomic E-state index is 12.0. The van der Waals surface area contributed by atoms with Gasteiger partial charge in [-0.15, -0.1) is 0 Å². The van der Waals surface area contributed by atoms with E-state index in [4.69, 9.17) is 22.1 Å². The molecule has 3 aromatic rings. The normalized spacial score (nSPS) is 14.2. The topological polar surface area (TPSA) is 99.2 Å². The molecule has 31 heavy (non-hydrogen) atoms. The van der Waals surface area contributed by atoms with Gasteiger partial charge in [0.25, 0.3) is 0 Å². The molecule has 0 spiro atoms. The Bertz CT molecular complexity index is 1150. The highest BCUT2D eigenvalue weighted by Gasteiger charge is 2.35. The van der Waals surface area contributed by atoms with Crippen LogP contribution in [0.25, 0.3) is 11.0 Å². The molecule has 4 rings (SSSR count). The second kappa shape index (κ2) is 8.34. The van der Waals surface area contributed by atoms with E-state index in [-0.39, 0.29) is 11.8 Å². The minimum atomic E-state index is 0.178. The molecule has 2 aromatic heterocycles. The number of fused-ring (bicyclic) bond motifs is 1. The minimum Gasteiger partial charge on any atom is -0.496 e. The summed E-state index contributed by atoms with van der Waals surface area (Å²) in [5.41, 5.74) is 10.6. The minimum absolute atomic E-state index is 0.178. The third-order valence-corrected chi connectivity index (χ3v) is 6.47. The smallest absolute Gasteiger partial charge is 0.222 e. The molecule has 0 unspecified atom stereocenters. The largest absolute Gasteiger partial charge is 0.496 e. The van der Waals surface area contributed by atoms with E-state index >= 15 is 0 Å². The van der Waals surface area contributed by atoms with Crippen molar-refractivity contribution < 1.29 is 9.53 Å². The monoisotopic (exact) mass is 442 g/mol. The fourth-order valence-corrected chi connectivity index (χ4v) is 4.63. The lowest BCUT2D eigenvalue weighted by molar-refractivity contribution is -0.135. The van der Waals surface area contributed by atoms with E-state index in [0.717, 1.165) is 39.2 Å². The second-order valence-corrected chi connectivity index (χ2v) is 8.36. The Kier molecular flexibility index (Phi) is 5.75. The zero-order valence-corrected chi connectivity index (χ0v) is 19.0. The number of hydrogen-bond donors (Lipinski definition) is 1. The van der Waals surface area contributed by atoms with E-state index in [1.54, 1.807) is 7.11 Å². The first-order valence-corrected chi connectivity index (χ1v) is 10.8. The number of carbonyl (C=O) groups is 1. The number of carbonyl (C=O) groups excluding carboxylic acids is 1. The number of aryl methyl sites for hydroxylation is 3. The predicted molar refractivity (Wildman–Crippen MR) is 121 cm³/mol. The Morgan fingerprint density at radius 2 is 2.06 bits per heavy atom. The van der Waals surface area contributed by atoms with Crippen LogP contribution in [0.15, 0.2) is 12.4 Å². The van der Waals surface area contributed by atoms with E-state index in [2.05, 4.69) is 15.1 Å². The van der Waals surface area contributed by atoms with Crippen LogP contribution in [0.4, 0.5) is 5.82 Å². The first-order chi connectivity index (χ1) is 14.8. The summed E-state index contributed by atoms with van der Waals surface area (Å²) in [5.74, 6) is 1.68. The number of likely N-dealkylation sites (tertiary alicyclic amines) is 1. The maximum Gasteiger partial charge on any atom is 0.222 e. The van der Waals surface area contributed by atoms with E-state index in [9.17, 15) is 4.79 Å². The highest BCUT2D eigenvalue weighted by Crippen LogP contribution is 2.41. The number of nitrogens with two attached hydrogens (primary N) is 1. The molecule has 9 heteroatoms. The van der Waals surface area contributed by atoms with E-state index in [1.165, 1.54) is 6.33 Å². The molecule has 0 bridgehead atoms. The molecule has 1 amide bonds. The van der Waals surface area contributed by atoms with Gasteiger partial charge in [-0.2, -0.15) is 5.10 Å². The van der Waals surface area contributed by atoms with Crippen LogP contribution in [0.1, 0.15) is 41.6 Å². The lowest BCUT2D eigenvalue weighted by atomic mass is 9.85. The van der Waals surface area contributed by atoms with E-state index in [0.29, 0.717) is 43.3 Å². The fourth-order valence-electron chi connectivity index (χ4n) is 4.40. The number of rotatable bonds is 6. The number of nitrogen functional groups attached to an aromatic ring is 1. The van der Waals surface area contributed by atoms with Gasteiger partial charge < -0.3 is 15.4 Å². The number of amides is 1. The summed E-state index contributed by atoms with van der Waals surface area (Å²) >= 11 is 6.61. The van der Waals surface area contributed by atoms with Crippen LogP contribution in [0.5, 0.6) is 5.75 Å². The molecule has 1 saturated heterocycles. The molecular formula is C22H27ClN6O2. The third kappa shape index (κ3) is 3.69. The Labute approximate surface area is 186 Å². The van der Waals surface area contributed by atoms with Crippen LogP contribution in [0, 0.1) is 13.8 Å². The second-order valence-electron chi connectivity index (χ2n) is 7.95. The standard InChI is InChI=1S/C22H27ClN6O2/c1-5-17(30)28-9-15(10-28)18-12(2)16(23)8-14(20(18)31-4)6-7-29-22-19(13(3)27-29)21(24)25-11-26-22/h8,11,15H,5-7,9-10H2,1-4H3,(H2,24,25,26). The van der Waals surface area contributed by atoms with Gasteiger partial charge in [0, 0.05) is 42.6 Å². The van der Waals surface area contributed by atoms with Gasteiger partial charge in [-0.3, -0.25) is 4.79 Å². The van der Waals surface area contributed by atoms with Crippen LogP contribution >= 0.6 is 11.6 Å². The van der Waals surface area contributed by atoms with Crippen molar-refractivity contribution in [3.63, 3.8) is 0 Å². The number of hydrogen-bond acceptors (Lipinski definition) is 6. The zero-order chi connectivity index (χ0) is 22.3. The van der Waals surface area contributed by atoms with Crippen LogP contribution < -0.4 is 10.5 Å². The van der Waals surface area contributed by atoms with Crippen molar-refractivity contribution in [1.29, 1.82) is 0 Å². The van der Waals surface area contributed by atoms with E-state index in [1.807, 2.05) is 36.4 Å². The lowest BCUT2D eigenvalue weighted by Crippen LogP contribution is -2.48. The van der Waals surface area contributed by atoms with Gasteiger partial charge in [-0.25, -0.2) is 14.6 Å². The van der Waals surface area contributed by atoms with Gasteiger partial charge in [-0.1, -0.05) is 18.5 Å². The molecular weight excluding hydrogens is 416 g/mol. The third-order valence-electron chi connectivity index (χ3n) is 6.08. The number of anilines is 1. The van der Waals surface area contributed by atoms with Crippen LogP contribution in [-0.4, -0.2) is 50.8 Å². The van der Waals surface area contributed by atoms with Crippen molar-refractivity contribution in [2.45, 2.75) is 46.1 Å². The predicted octanol–water partition coefficient (Wildman–Crippen LogP) is 3.27. The molecule has 3 heterocycles. The van der Waals surface area contributed by atoms with Crippen molar-refractivity contribution in [3.05, 3.63) is 39.8 Å². The summed E-state index contributed by atoms with van der Waals surface area (Å²) in [7, 11) is 1.69. The molecule has 0 atom stereocenters. The number of benzene rings is 1. The van der Waals surface area contributed by atoms with Crippen molar-refractivity contribution in [2.75, 3.05) is 25.9 Å². The van der Waals surface area contributed by atoms with Crippen molar-refractivity contribution in [1.82, 2.24) is 24.6 Å². The van der Waals surface area contributed by atoms with Crippen molar-refractivity contribution >= 4 is 34.4 Å². The average Bonchev–Trinajstić information content (AvgIpc) is 3.05. The molecule has 1 fully saturated rings. The van der Waals surface area contributed by atoms with Gasteiger partial charge >= 0.3 is 0 Å². The summed E-state index contributed by atoms with van der Waals surface area (Å²) in [6, 6.07) is 1.97. The number of aromatic nitrogens is 4. The summed E-state index contributed by atoms with van der Waals surface area (Å²) in [4.78, 5) is 22.3. The highest BCUT2D eigenvalue weighted by atomic mass is 35.5. The number of halogens is 1. The molecule has 8 nitrogen and oxygen atoms in total. The van der Waals surface area contributed by atoms with Gasteiger partial charge in [0.2, 0.25) is 5.91 Å². The van der Waals surface area contributed by atoms with E-state index < -0.39 is 0 Å². The van der Waals surface area contributed by atoms with Crippen molar-refractivity contribution in [3.8, 4) is 5.75 Å². The summed E-state index contributed by atoms with van der Waals surface area (Å²) in [6.45, 7) is 7.79. The summed E-state index contributed by atoms with van der Waals surface area (Å²) < 4.78 is 7.70. The summed E-state index contributed by atoms with van der Waals surface area (Å²) in [6.07, 6.45) is 2.65. The van der Waals surface area contributed by atoms with Gasteiger partial charge in [-0.05, 0) is 37.5 Å². The molecule has 164 valence electrons. The molecule has 1 aliphatic heterocycles. The number of ether oxygens (including phenoxy) is 1. The molecule has 1 aromatic carbocycles. The Morgan fingerprint density at radius 1 is 1.32 bits per heavy atom.